The van der Waals surface area contributed by atoms with Crippen LogP contribution in [-0.2, 0) is 11.3 Å². The van der Waals surface area contributed by atoms with Gasteiger partial charge in [-0.1, -0.05) is 33.2 Å². The van der Waals surface area contributed by atoms with E-state index in [1.807, 2.05) is 24.3 Å². The Bertz CT molecular complexity index is 900. The average Bonchev–Trinajstić information content (AvgIpc) is 3.22. The number of nitrogens with zero attached hydrogens (tertiary/aromatic N) is 2. The second-order valence-electron chi connectivity index (χ2n) is 4.96. The van der Waals surface area contributed by atoms with E-state index in [0.29, 0.717) is 11.4 Å². The second kappa shape index (κ2) is 6.79. The lowest BCUT2D eigenvalue weighted by atomic mass is 10.2. The zero-order valence-corrected chi connectivity index (χ0v) is 14.2. The van der Waals surface area contributed by atoms with Gasteiger partial charge < -0.3 is 14.2 Å². The smallest absolute Gasteiger partial charge is 0.355 e. The molecule has 1 N–H and O–H groups in total. The van der Waals surface area contributed by atoms with Gasteiger partial charge in [-0.15, -0.1) is 0 Å². The summed E-state index contributed by atoms with van der Waals surface area (Å²) < 4.78 is 11.1. The van der Waals surface area contributed by atoms with Crippen LogP contribution in [0.25, 0.3) is 11.4 Å². The number of benzene rings is 1. The van der Waals surface area contributed by atoms with Crippen molar-refractivity contribution < 1.29 is 18.8 Å². The maximum atomic E-state index is 11.9. The summed E-state index contributed by atoms with van der Waals surface area (Å²) in [6, 6.07) is 8.87. The number of carbonyl (C=O) groups is 2. The van der Waals surface area contributed by atoms with Crippen molar-refractivity contribution >= 4 is 27.7 Å². The molecule has 0 saturated carbocycles. The van der Waals surface area contributed by atoms with Gasteiger partial charge >= 0.3 is 5.97 Å². The summed E-state index contributed by atoms with van der Waals surface area (Å²) in [4.78, 5) is 30.0. The lowest BCUT2D eigenvalue weighted by molar-refractivity contribution is 0.0423. The Labute approximate surface area is 145 Å². The number of ketones is 1. The number of halogens is 1. The van der Waals surface area contributed by atoms with Gasteiger partial charge in [-0.3, -0.25) is 4.79 Å². The van der Waals surface area contributed by atoms with Crippen molar-refractivity contribution in [1.29, 1.82) is 0 Å². The van der Waals surface area contributed by atoms with Crippen molar-refractivity contribution in [3.8, 4) is 11.4 Å². The van der Waals surface area contributed by atoms with E-state index in [1.54, 1.807) is 0 Å². The Morgan fingerprint density at radius 2 is 2.17 bits per heavy atom. The molecule has 0 saturated heterocycles. The van der Waals surface area contributed by atoms with Gasteiger partial charge in [0.25, 0.3) is 5.89 Å². The molecule has 0 aliphatic carbocycles. The van der Waals surface area contributed by atoms with E-state index in [1.165, 1.54) is 19.2 Å². The van der Waals surface area contributed by atoms with Gasteiger partial charge in [0.1, 0.15) is 5.69 Å². The summed E-state index contributed by atoms with van der Waals surface area (Å²) in [5, 5.41) is 3.85. The average molecular weight is 390 g/mol. The fourth-order valence-corrected chi connectivity index (χ4v) is 2.38. The molecule has 0 spiro atoms. The molecule has 2 aromatic heterocycles. The van der Waals surface area contributed by atoms with Crippen LogP contribution >= 0.6 is 15.9 Å². The number of carbonyl (C=O) groups excluding carboxylic acids is 2. The van der Waals surface area contributed by atoms with Crippen molar-refractivity contribution in [3.05, 3.63) is 58.1 Å². The summed E-state index contributed by atoms with van der Waals surface area (Å²) in [5.41, 5.74) is 1.38. The van der Waals surface area contributed by atoms with E-state index < -0.39 is 5.97 Å². The van der Waals surface area contributed by atoms with Crippen LogP contribution in [0, 0.1) is 0 Å². The standard InChI is InChI=1S/C16H12BrN3O4/c1-9(21)11-6-13(18-7-11)16(22)23-8-14-19-15(20-24-14)10-3-2-4-12(17)5-10/h2-7,18H,8H2,1H3. The molecule has 0 fully saturated rings. The van der Waals surface area contributed by atoms with Gasteiger partial charge in [0.05, 0.1) is 0 Å². The lowest BCUT2D eigenvalue weighted by Gasteiger charge is -1.98. The number of aromatic nitrogens is 3. The van der Waals surface area contributed by atoms with E-state index in [-0.39, 0.29) is 24.0 Å². The Morgan fingerprint density at radius 3 is 2.88 bits per heavy atom. The fourth-order valence-electron chi connectivity index (χ4n) is 1.98. The minimum absolute atomic E-state index is 0.138. The van der Waals surface area contributed by atoms with Crippen molar-refractivity contribution in [1.82, 2.24) is 15.1 Å². The van der Waals surface area contributed by atoms with Gasteiger partial charge in [-0.05, 0) is 25.1 Å². The van der Waals surface area contributed by atoms with E-state index in [4.69, 9.17) is 9.26 Å². The summed E-state index contributed by atoms with van der Waals surface area (Å²) in [7, 11) is 0. The normalized spacial score (nSPS) is 10.6. The highest BCUT2D eigenvalue weighted by molar-refractivity contribution is 9.10. The summed E-state index contributed by atoms with van der Waals surface area (Å²) in [5.74, 6) is -0.164. The molecule has 0 aliphatic heterocycles. The molecule has 1 aromatic carbocycles. The first-order valence-electron chi connectivity index (χ1n) is 6.98. The number of aromatic amines is 1. The number of rotatable bonds is 5. The molecule has 3 aromatic rings. The number of esters is 1. The highest BCUT2D eigenvalue weighted by Crippen LogP contribution is 2.20. The number of nitrogens with one attached hydrogen (secondary N) is 1. The predicted octanol–water partition coefficient (Wildman–Crippen LogP) is 3.39. The number of H-pyrrole nitrogens is 1. The quantitative estimate of drug-likeness (QED) is 0.530. The minimum atomic E-state index is -0.607. The first-order valence-corrected chi connectivity index (χ1v) is 7.77. The number of Topliss-reactive ketones (excluding diaryl/α,β-unsaturated/α-hetero) is 1. The van der Waals surface area contributed by atoms with Crippen molar-refractivity contribution in [3.63, 3.8) is 0 Å². The molecule has 0 bridgehead atoms. The zero-order valence-electron chi connectivity index (χ0n) is 12.6. The molecule has 8 heteroatoms. The lowest BCUT2D eigenvalue weighted by Crippen LogP contribution is -2.05. The Kier molecular flexibility index (Phi) is 4.57. The number of hydrogen-bond donors (Lipinski definition) is 1. The molecule has 0 atom stereocenters. The van der Waals surface area contributed by atoms with Gasteiger partial charge in [-0.25, -0.2) is 4.79 Å². The van der Waals surface area contributed by atoms with Crippen LogP contribution < -0.4 is 0 Å². The van der Waals surface area contributed by atoms with Crippen molar-refractivity contribution in [2.45, 2.75) is 13.5 Å². The summed E-state index contributed by atoms with van der Waals surface area (Å²) in [6.07, 6.45) is 1.46. The number of hydrogen-bond acceptors (Lipinski definition) is 6. The summed E-state index contributed by atoms with van der Waals surface area (Å²) >= 11 is 3.37. The number of ether oxygens (including phenoxy) is 1. The van der Waals surface area contributed by atoms with Crippen LogP contribution in [0.15, 0.2) is 45.5 Å². The van der Waals surface area contributed by atoms with Gasteiger partial charge in [-0.2, -0.15) is 4.98 Å². The zero-order chi connectivity index (χ0) is 17.1. The van der Waals surface area contributed by atoms with Crippen LogP contribution in [0.4, 0.5) is 0 Å². The monoisotopic (exact) mass is 389 g/mol. The van der Waals surface area contributed by atoms with E-state index in [0.717, 1.165) is 10.0 Å². The molecule has 2 heterocycles. The Balaban J connectivity index is 1.64. The fraction of sp³-hybridized carbons (Fsp3) is 0.125. The largest absolute Gasteiger partial charge is 0.451 e. The van der Waals surface area contributed by atoms with Crippen LogP contribution in [-0.4, -0.2) is 26.9 Å². The SMILES string of the molecule is CC(=O)c1c[nH]c(C(=O)OCc2nc(-c3cccc(Br)c3)no2)c1. The maximum Gasteiger partial charge on any atom is 0.355 e. The van der Waals surface area contributed by atoms with E-state index in [2.05, 4.69) is 31.1 Å². The molecule has 0 aliphatic rings. The minimum Gasteiger partial charge on any atom is -0.451 e. The van der Waals surface area contributed by atoms with Gasteiger partial charge in [0, 0.05) is 21.8 Å². The molecule has 0 radical (unpaired) electrons. The third-order valence-electron chi connectivity index (χ3n) is 3.19. The molecular formula is C16H12BrN3O4. The molecule has 24 heavy (non-hydrogen) atoms. The Morgan fingerprint density at radius 1 is 1.33 bits per heavy atom. The van der Waals surface area contributed by atoms with Crippen LogP contribution in [0.5, 0.6) is 0 Å². The second-order valence-corrected chi connectivity index (χ2v) is 5.87. The molecule has 0 amide bonds. The van der Waals surface area contributed by atoms with Crippen LogP contribution in [0.2, 0.25) is 0 Å². The first kappa shape index (κ1) is 16.1. The third kappa shape index (κ3) is 3.60. The molecular weight excluding hydrogens is 378 g/mol. The van der Waals surface area contributed by atoms with Crippen molar-refractivity contribution in [2.24, 2.45) is 0 Å². The Hall–Kier alpha value is -2.74. The predicted molar refractivity (Wildman–Crippen MR) is 87.4 cm³/mol. The topological polar surface area (TPSA) is 98.1 Å². The third-order valence-corrected chi connectivity index (χ3v) is 3.68. The van der Waals surface area contributed by atoms with E-state index in [9.17, 15) is 9.59 Å². The molecule has 0 unspecified atom stereocenters. The highest BCUT2D eigenvalue weighted by Gasteiger charge is 2.15. The van der Waals surface area contributed by atoms with Crippen LogP contribution in [0.1, 0.15) is 33.7 Å². The highest BCUT2D eigenvalue weighted by atomic mass is 79.9. The van der Waals surface area contributed by atoms with E-state index >= 15 is 0 Å². The van der Waals surface area contributed by atoms with Crippen LogP contribution in [0.3, 0.4) is 0 Å². The van der Waals surface area contributed by atoms with Gasteiger partial charge in [0.15, 0.2) is 12.4 Å². The summed E-state index contributed by atoms with van der Waals surface area (Å²) in [6.45, 7) is 1.26. The first-order chi connectivity index (χ1) is 11.5. The van der Waals surface area contributed by atoms with Crippen molar-refractivity contribution in [2.75, 3.05) is 0 Å². The molecule has 122 valence electrons. The van der Waals surface area contributed by atoms with Gasteiger partial charge in [0.2, 0.25) is 5.82 Å². The molecule has 3 rings (SSSR count). The molecule has 7 nitrogen and oxygen atoms in total. The maximum absolute atomic E-state index is 11.9.